The van der Waals surface area contributed by atoms with Crippen LogP contribution in [-0.4, -0.2) is 23.8 Å². The fraction of sp³-hybridized carbons (Fsp3) is 0.300. The molecule has 1 atom stereocenters. The van der Waals surface area contributed by atoms with Crippen molar-refractivity contribution in [3.05, 3.63) is 136 Å². The number of allylic oxidation sites excluding steroid dienone is 2. The molecule has 0 amide bonds. The van der Waals surface area contributed by atoms with Crippen LogP contribution in [0.25, 0.3) is 0 Å². The van der Waals surface area contributed by atoms with Crippen LogP contribution in [0.5, 0.6) is 0 Å². The maximum absolute atomic E-state index is 14.1. The van der Waals surface area contributed by atoms with Gasteiger partial charge >= 0.3 is 263 Å². The van der Waals surface area contributed by atoms with Crippen LogP contribution < -0.4 is 15.9 Å². The molecular formula is C40H43O3P. The number of Topliss-reactive ketones (excluding diaryl/α,β-unsaturated/α-hetero) is 2. The second-order valence-corrected chi connectivity index (χ2v) is 17.2. The summed E-state index contributed by atoms with van der Waals surface area (Å²) >= 11 is 0. The van der Waals surface area contributed by atoms with Gasteiger partial charge in [-0.2, -0.15) is 0 Å². The van der Waals surface area contributed by atoms with Gasteiger partial charge in [0.2, 0.25) is 0 Å². The fourth-order valence-corrected chi connectivity index (χ4v) is 12.5. The first-order valence-corrected chi connectivity index (χ1v) is 18.1. The Morgan fingerprint density at radius 3 is 1.52 bits per heavy atom. The molecule has 4 aromatic rings. The molecule has 0 heterocycles. The number of ether oxygens (including phenoxy) is 1. The van der Waals surface area contributed by atoms with Crippen LogP contribution in [0.2, 0.25) is 0 Å². The zero-order valence-electron chi connectivity index (χ0n) is 26.4. The Morgan fingerprint density at radius 2 is 1.07 bits per heavy atom. The van der Waals surface area contributed by atoms with Crippen molar-refractivity contribution in [2.45, 2.75) is 65.5 Å². The van der Waals surface area contributed by atoms with Crippen molar-refractivity contribution in [1.29, 1.82) is 0 Å². The van der Waals surface area contributed by atoms with E-state index >= 15 is 0 Å². The first-order valence-electron chi connectivity index (χ1n) is 16.1. The van der Waals surface area contributed by atoms with Crippen molar-refractivity contribution in [2.24, 2.45) is 5.92 Å². The van der Waals surface area contributed by atoms with E-state index in [-0.39, 0.29) is 28.9 Å². The summed E-state index contributed by atoms with van der Waals surface area (Å²) in [5.41, 5.74) is 5.30. The van der Waals surface area contributed by atoms with E-state index in [1.165, 1.54) is 39.0 Å². The fourth-order valence-electron chi connectivity index (χ4n) is 7.41. The van der Waals surface area contributed by atoms with Crippen molar-refractivity contribution in [2.75, 3.05) is 6.61 Å². The van der Waals surface area contributed by atoms with Crippen molar-refractivity contribution in [3.63, 3.8) is 0 Å². The molecule has 1 saturated carbocycles. The number of carbonyl (C=O) groups is 2. The van der Waals surface area contributed by atoms with Crippen LogP contribution in [0.4, 0.5) is 0 Å². The normalized spacial score (nSPS) is 16.9. The van der Waals surface area contributed by atoms with Crippen LogP contribution in [0, 0.1) is 26.7 Å². The number of carbonyl (C=O) groups excluding carboxylic acids is 2. The Hall–Kier alpha value is -3.81. The van der Waals surface area contributed by atoms with E-state index in [0.717, 1.165) is 25.7 Å². The van der Waals surface area contributed by atoms with Gasteiger partial charge < -0.3 is 0 Å². The summed E-state index contributed by atoms with van der Waals surface area (Å²) in [6.07, 6.45) is 5.17. The standard InChI is InChI=1S/C40H43O3P/c1-27-14-20-32(21-15-27)44(33-22-16-28(2)17-23-33,34-24-18-29(3)19-25-34)30(4)26-43-40-37(31-10-6-5-7-11-31)38(41)35-12-8-9-13-36(35)39(40)42/h8-9,12-25,30-31,44H,5-7,10-11,26H2,1-4H3. The molecule has 44 heavy (non-hydrogen) atoms. The molecule has 0 radical (unpaired) electrons. The first kappa shape index (κ1) is 30.2. The number of hydrogen-bond acceptors (Lipinski definition) is 3. The summed E-state index contributed by atoms with van der Waals surface area (Å²) in [5, 5.41) is 3.93. The topological polar surface area (TPSA) is 43.4 Å². The molecule has 2 aliphatic carbocycles. The summed E-state index contributed by atoms with van der Waals surface area (Å²) in [4.78, 5) is 28.1. The van der Waals surface area contributed by atoms with E-state index in [0.29, 0.717) is 23.3 Å². The molecule has 0 N–H and O–H groups in total. The predicted molar refractivity (Wildman–Crippen MR) is 185 cm³/mol. The van der Waals surface area contributed by atoms with Gasteiger partial charge in [-0.25, -0.2) is 0 Å². The predicted octanol–water partition coefficient (Wildman–Crippen LogP) is 7.96. The van der Waals surface area contributed by atoms with Gasteiger partial charge in [-0.1, -0.05) is 0 Å². The molecule has 1 unspecified atom stereocenters. The maximum atomic E-state index is 14.1. The van der Waals surface area contributed by atoms with Crippen molar-refractivity contribution in [3.8, 4) is 0 Å². The van der Waals surface area contributed by atoms with Gasteiger partial charge in [0.15, 0.2) is 0 Å². The van der Waals surface area contributed by atoms with E-state index in [2.05, 4.69) is 100 Å². The molecule has 0 aromatic heterocycles. The number of aryl methyl sites for hydroxylation is 3. The molecule has 4 heteroatoms. The average molecular weight is 603 g/mol. The van der Waals surface area contributed by atoms with Gasteiger partial charge in [-0.05, 0) is 0 Å². The number of benzene rings is 4. The summed E-state index contributed by atoms with van der Waals surface area (Å²) in [5.74, 6) is 0.161. The van der Waals surface area contributed by atoms with Crippen LogP contribution in [0.15, 0.2) is 108 Å². The van der Waals surface area contributed by atoms with Gasteiger partial charge in [0.25, 0.3) is 0 Å². The van der Waals surface area contributed by atoms with Gasteiger partial charge in [-0.15, -0.1) is 0 Å². The molecule has 2 aliphatic rings. The number of fused-ring (bicyclic) bond motifs is 1. The Bertz CT molecular complexity index is 1580. The molecule has 0 aliphatic heterocycles. The summed E-state index contributed by atoms with van der Waals surface area (Å²) in [6.45, 7) is 8.99. The van der Waals surface area contributed by atoms with E-state index in [1.807, 2.05) is 12.1 Å². The molecule has 4 aromatic carbocycles. The van der Waals surface area contributed by atoms with Crippen LogP contribution in [0.3, 0.4) is 0 Å². The molecule has 0 spiro atoms. The number of ketones is 2. The monoisotopic (exact) mass is 602 g/mol. The zero-order chi connectivity index (χ0) is 30.8. The minimum atomic E-state index is -2.70. The number of rotatable bonds is 8. The van der Waals surface area contributed by atoms with Gasteiger partial charge in [0.1, 0.15) is 0 Å². The van der Waals surface area contributed by atoms with E-state index in [1.54, 1.807) is 12.1 Å². The van der Waals surface area contributed by atoms with Crippen LogP contribution >= 0.6 is 7.26 Å². The van der Waals surface area contributed by atoms with Gasteiger partial charge in [0.05, 0.1) is 0 Å². The summed E-state index contributed by atoms with van der Waals surface area (Å²) in [7, 11) is -2.70. The van der Waals surface area contributed by atoms with Crippen LogP contribution in [0.1, 0.15) is 76.4 Å². The summed E-state index contributed by atoms with van der Waals surface area (Å²) in [6, 6.07) is 34.2. The third-order valence-electron chi connectivity index (χ3n) is 9.86. The molecular weight excluding hydrogens is 559 g/mol. The zero-order valence-corrected chi connectivity index (χ0v) is 27.4. The second kappa shape index (κ2) is 12.7. The van der Waals surface area contributed by atoms with E-state index in [4.69, 9.17) is 4.74 Å². The van der Waals surface area contributed by atoms with E-state index in [9.17, 15) is 9.59 Å². The Kier molecular flexibility index (Phi) is 8.70. The van der Waals surface area contributed by atoms with Crippen LogP contribution in [-0.2, 0) is 4.74 Å². The third kappa shape index (κ3) is 5.48. The molecule has 0 saturated heterocycles. The van der Waals surface area contributed by atoms with Crippen molar-refractivity contribution in [1.82, 2.24) is 0 Å². The first-order chi connectivity index (χ1) is 21.3. The Morgan fingerprint density at radius 1 is 0.636 bits per heavy atom. The summed E-state index contributed by atoms with van der Waals surface area (Å²) < 4.78 is 6.74. The second-order valence-electron chi connectivity index (χ2n) is 12.9. The Labute approximate surface area is 262 Å². The molecule has 3 nitrogen and oxygen atoms in total. The average Bonchev–Trinajstić information content (AvgIpc) is 3.05. The quantitative estimate of drug-likeness (QED) is 0.192. The Balaban J connectivity index is 1.48. The van der Waals surface area contributed by atoms with E-state index < -0.39 is 7.26 Å². The SMILES string of the molecule is Cc1ccc([PH](c2ccc(C)cc2)(c2ccc(C)cc2)C(C)COC2=C(C3CCCCC3)C(=O)c3ccccc3C2=O)cc1. The molecule has 1 fully saturated rings. The van der Waals surface area contributed by atoms with Crippen molar-refractivity contribution < 1.29 is 14.3 Å². The van der Waals surface area contributed by atoms with Gasteiger partial charge in [0, 0.05) is 0 Å². The van der Waals surface area contributed by atoms with Gasteiger partial charge in [-0.3, -0.25) is 0 Å². The molecule has 226 valence electrons. The minimum absolute atomic E-state index is 0.0335. The molecule has 6 rings (SSSR count). The van der Waals surface area contributed by atoms with Crippen molar-refractivity contribution >= 4 is 34.7 Å². The third-order valence-corrected chi connectivity index (χ3v) is 15.2. The number of hydrogen-bond donors (Lipinski definition) is 0. The molecule has 0 bridgehead atoms.